The van der Waals surface area contributed by atoms with Gasteiger partial charge in [-0.1, -0.05) is 24.3 Å². The van der Waals surface area contributed by atoms with E-state index >= 15 is 0 Å². The van der Waals surface area contributed by atoms with Crippen LogP contribution in [0.1, 0.15) is 15.9 Å². The molecular weight excluding hydrogens is 256 g/mol. The molecule has 0 bridgehead atoms. The molecule has 0 saturated carbocycles. The van der Waals surface area contributed by atoms with E-state index in [1.807, 2.05) is 37.2 Å². The van der Waals surface area contributed by atoms with E-state index in [2.05, 4.69) is 0 Å². The van der Waals surface area contributed by atoms with E-state index in [0.29, 0.717) is 12.1 Å². The summed E-state index contributed by atoms with van der Waals surface area (Å²) in [4.78, 5) is 26.9. The van der Waals surface area contributed by atoms with Gasteiger partial charge < -0.3 is 14.9 Å². The normalized spacial score (nSPS) is 17.8. The Morgan fingerprint density at radius 2 is 2.15 bits per heavy atom. The van der Waals surface area contributed by atoms with Crippen molar-refractivity contribution in [2.24, 2.45) is 0 Å². The second kappa shape index (κ2) is 5.88. The summed E-state index contributed by atoms with van der Waals surface area (Å²) in [5.74, 6) is -1.25. The van der Waals surface area contributed by atoms with E-state index in [-0.39, 0.29) is 5.91 Å². The van der Waals surface area contributed by atoms with Crippen LogP contribution in [0.5, 0.6) is 0 Å². The molecule has 1 atom stereocenters. The number of carboxylic acid groups (broad SMARTS) is 1. The van der Waals surface area contributed by atoms with Crippen molar-refractivity contribution in [3.63, 3.8) is 0 Å². The van der Waals surface area contributed by atoms with Gasteiger partial charge in [0.15, 0.2) is 0 Å². The summed E-state index contributed by atoms with van der Waals surface area (Å²) in [5.41, 5.74) is 1.55. The molecule has 0 aliphatic carbocycles. The number of carboxylic acids is 1. The van der Waals surface area contributed by atoms with Crippen LogP contribution in [0.3, 0.4) is 0 Å². The summed E-state index contributed by atoms with van der Waals surface area (Å²) < 4.78 is 0. The van der Waals surface area contributed by atoms with Gasteiger partial charge in [0.1, 0.15) is 6.04 Å². The number of amides is 1. The minimum Gasteiger partial charge on any atom is -0.479 e. The van der Waals surface area contributed by atoms with Crippen LogP contribution in [-0.4, -0.2) is 53.5 Å². The molecule has 0 saturated heterocycles. The third kappa shape index (κ3) is 3.05. The molecule has 0 fully saturated rings. The highest BCUT2D eigenvalue weighted by Crippen LogP contribution is 2.16. The quantitative estimate of drug-likeness (QED) is 0.838. The number of benzene rings is 1. The van der Waals surface area contributed by atoms with E-state index in [9.17, 15) is 9.59 Å². The average Bonchev–Trinajstić information content (AvgIpc) is 2.86. The molecule has 1 aromatic carbocycles. The van der Waals surface area contributed by atoms with Crippen molar-refractivity contribution in [2.45, 2.75) is 12.6 Å². The van der Waals surface area contributed by atoms with Gasteiger partial charge in [0.2, 0.25) is 0 Å². The van der Waals surface area contributed by atoms with Gasteiger partial charge in [-0.2, -0.15) is 0 Å². The zero-order valence-electron chi connectivity index (χ0n) is 11.6. The zero-order chi connectivity index (χ0) is 14.7. The molecule has 1 heterocycles. The molecule has 0 spiro atoms. The highest BCUT2D eigenvalue weighted by atomic mass is 16.4. The summed E-state index contributed by atoms with van der Waals surface area (Å²) in [5, 5.41) is 9.10. The highest BCUT2D eigenvalue weighted by molar-refractivity contribution is 5.97. The number of hydrogen-bond acceptors (Lipinski definition) is 3. The lowest BCUT2D eigenvalue weighted by Crippen LogP contribution is -2.40. The van der Waals surface area contributed by atoms with Gasteiger partial charge in [-0.15, -0.1) is 0 Å². The zero-order valence-corrected chi connectivity index (χ0v) is 11.6. The number of carbonyl (C=O) groups is 2. The Kier molecular flexibility index (Phi) is 4.20. The van der Waals surface area contributed by atoms with Crippen LogP contribution in [0.15, 0.2) is 36.4 Å². The standard InChI is InChI=1S/C15H18N2O3/c1-16(2)10-11-5-3-6-12(9-11)14(18)17-8-4-7-13(17)15(19)20/h3-7,9,13H,8,10H2,1-2H3,(H,19,20)/t13-/m1/s1. The van der Waals surface area contributed by atoms with Gasteiger partial charge in [-0.25, -0.2) is 4.79 Å². The van der Waals surface area contributed by atoms with Crippen LogP contribution < -0.4 is 0 Å². The molecule has 1 aliphatic rings. The first-order chi connectivity index (χ1) is 9.49. The van der Waals surface area contributed by atoms with Crippen LogP contribution >= 0.6 is 0 Å². The van der Waals surface area contributed by atoms with Crippen molar-refractivity contribution in [1.82, 2.24) is 9.80 Å². The van der Waals surface area contributed by atoms with Gasteiger partial charge in [0.25, 0.3) is 5.91 Å². The first-order valence-electron chi connectivity index (χ1n) is 6.43. The molecule has 20 heavy (non-hydrogen) atoms. The molecule has 5 heteroatoms. The summed E-state index contributed by atoms with van der Waals surface area (Å²) in [6, 6.07) is 6.46. The molecule has 1 N–H and O–H groups in total. The van der Waals surface area contributed by atoms with Crippen molar-refractivity contribution >= 4 is 11.9 Å². The van der Waals surface area contributed by atoms with Crippen molar-refractivity contribution in [2.75, 3.05) is 20.6 Å². The summed E-state index contributed by atoms with van der Waals surface area (Å²) in [7, 11) is 3.92. The minimum atomic E-state index is -1.00. The number of nitrogens with zero attached hydrogens (tertiary/aromatic N) is 2. The van der Waals surface area contributed by atoms with E-state index in [0.717, 1.165) is 12.1 Å². The highest BCUT2D eigenvalue weighted by Gasteiger charge is 2.30. The predicted molar refractivity (Wildman–Crippen MR) is 75.4 cm³/mol. The first-order valence-corrected chi connectivity index (χ1v) is 6.43. The summed E-state index contributed by atoms with van der Waals surface area (Å²) >= 11 is 0. The molecule has 0 radical (unpaired) electrons. The first kappa shape index (κ1) is 14.3. The second-order valence-electron chi connectivity index (χ2n) is 5.11. The van der Waals surface area contributed by atoms with Crippen molar-refractivity contribution in [3.05, 3.63) is 47.5 Å². The van der Waals surface area contributed by atoms with E-state index in [4.69, 9.17) is 5.11 Å². The molecule has 1 aromatic rings. The van der Waals surface area contributed by atoms with Crippen LogP contribution in [-0.2, 0) is 11.3 Å². The maximum atomic E-state index is 12.4. The summed E-state index contributed by atoms with van der Waals surface area (Å²) in [6.45, 7) is 1.08. The summed E-state index contributed by atoms with van der Waals surface area (Å²) in [6.07, 6.45) is 3.25. The van der Waals surface area contributed by atoms with Gasteiger partial charge in [0.05, 0.1) is 0 Å². The largest absolute Gasteiger partial charge is 0.479 e. The van der Waals surface area contributed by atoms with Gasteiger partial charge >= 0.3 is 5.97 Å². The number of carbonyl (C=O) groups excluding carboxylic acids is 1. The van der Waals surface area contributed by atoms with Crippen LogP contribution in [0.25, 0.3) is 0 Å². The fourth-order valence-electron chi connectivity index (χ4n) is 2.28. The SMILES string of the molecule is CN(C)Cc1cccc(C(=O)N2CC=C[C@@H]2C(=O)O)c1. The fraction of sp³-hybridized carbons (Fsp3) is 0.333. The second-order valence-corrected chi connectivity index (χ2v) is 5.11. The predicted octanol–water partition coefficient (Wildman–Crippen LogP) is 1.21. The lowest BCUT2D eigenvalue weighted by atomic mass is 10.1. The van der Waals surface area contributed by atoms with Crippen LogP contribution in [0.2, 0.25) is 0 Å². The Hall–Kier alpha value is -2.14. The molecule has 5 nitrogen and oxygen atoms in total. The lowest BCUT2D eigenvalue weighted by molar-refractivity contribution is -0.140. The smallest absolute Gasteiger partial charge is 0.330 e. The lowest BCUT2D eigenvalue weighted by Gasteiger charge is -2.21. The third-order valence-electron chi connectivity index (χ3n) is 3.14. The van der Waals surface area contributed by atoms with Crippen molar-refractivity contribution < 1.29 is 14.7 Å². The van der Waals surface area contributed by atoms with Gasteiger partial charge in [0, 0.05) is 18.7 Å². The average molecular weight is 274 g/mol. The van der Waals surface area contributed by atoms with Crippen molar-refractivity contribution in [1.29, 1.82) is 0 Å². The Labute approximate surface area is 118 Å². The maximum Gasteiger partial charge on any atom is 0.330 e. The van der Waals surface area contributed by atoms with Gasteiger partial charge in [-0.3, -0.25) is 4.79 Å². The number of aliphatic carboxylic acids is 1. The van der Waals surface area contributed by atoms with E-state index in [1.54, 1.807) is 18.2 Å². The van der Waals surface area contributed by atoms with Gasteiger partial charge in [-0.05, 0) is 31.8 Å². The van der Waals surface area contributed by atoms with Crippen LogP contribution in [0.4, 0.5) is 0 Å². The Balaban J connectivity index is 2.19. The topological polar surface area (TPSA) is 60.9 Å². The maximum absolute atomic E-state index is 12.4. The monoisotopic (exact) mass is 274 g/mol. The molecule has 0 aromatic heterocycles. The molecule has 1 amide bonds. The minimum absolute atomic E-state index is 0.247. The Bertz CT molecular complexity index is 552. The third-order valence-corrected chi connectivity index (χ3v) is 3.14. The van der Waals surface area contributed by atoms with E-state index in [1.165, 1.54) is 4.90 Å². The number of rotatable bonds is 4. The van der Waals surface area contributed by atoms with Crippen molar-refractivity contribution in [3.8, 4) is 0 Å². The Morgan fingerprint density at radius 1 is 1.40 bits per heavy atom. The molecule has 2 rings (SSSR count). The fourth-order valence-corrected chi connectivity index (χ4v) is 2.28. The molecule has 0 unspecified atom stereocenters. The Morgan fingerprint density at radius 3 is 2.80 bits per heavy atom. The molecule has 1 aliphatic heterocycles. The number of hydrogen-bond donors (Lipinski definition) is 1. The molecule has 106 valence electrons. The van der Waals surface area contributed by atoms with E-state index < -0.39 is 12.0 Å². The van der Waals surface area contributed by atoms with Crippen LogP contribution in [0, 0.1) is 0 Å². The molecular formula is C15H18N2O3.